The molecule has 112 valence electrons. The maximum absolute atomic E-state index is 12.4. The van der Waals surface area contributed by atoms with Crippen LogP contribution in [-0.4, -0.2) is 13.4 Å². The number of aromatic nitrogens is 1. The standard InChI is InChI=1S/C12H10BrCl2N3O2S/c1-6-2-11(17-5-8(6)13)18-21(19,20)12-9(14)3-7(16)4-10(12)15/h2-5H,16H2,1H3,(H,17,18). The van der Waals surface area contributed by atoms with Gasteiger partial charge in [-0.1, -0.05) is 23.2 Å². The van der Waals surface area contributed by atoms with E-state index >= 15 is 0 Å². The van der Waals surface area contributed by atoms with E-state index in [1.165, 1.54) is 18.3 Å². The highest BCUT2D eigenvalue weighted by molar-refractivity contribution is 9.10. The van der Waals surface area contributed by atoms with Crippen LogP contribution in [0, 0.1) is 6.92 Å². The lowest BCUT2D eigenvalue weighted by Gasteiger charge is -2.11. The number of halogens is 3. The highest BCUT2D eigenvalue weighted by Crippen LogP contribution is 2.33. The van der Waals surface area contributed by atoms with Crippen molar-refractivity contribution in [2.75, 3.05) is 10.5 Å². The summed E-state index contributed by atoms with van der Waals surface area (Å²) in [4.78, 5) is 3.74. The van der Waals surface area contributed by atoms with Crippen LogP contribution in [0.3, 0.4) is 0 Å². The van der Waals surface area contributed by atoms with Gasteiger partial charge in [-0.05, 0) is 46.6 Å². The fourth-order valence-corrected chi connectivity index (χ4v) is 4.07. The lowest BCUT2D eigenvalue weighted by atomic mass is 10.3. The molecule has 0 atom stereocenters. The van der Waals surface area contributed by atoms with Gasteiger partial charge in [0.05, 0.1) is 10.0 Å². The van der Waals surface area contributed by atoms with Crippen LogP contribution in [-0.2, 0) is 10.0 Å². The van der Waals surface area contributed by atoms with Crippen LogP contribution in [0.2, 0.25) is 10.0 Å². The van der Waals surface area contributed by atoms with E-state index in [1.54, 1.807) is 6.07 Å². The van der Waals surface area contributed by atoms with Crippen LogP contribution in [0.4, 0.5) is 11.5 Å². The summed E-state index contributed by atoms with van der Waals surface area (Å²) in [7, 11) is -3.97. The van der Waals surface area contributed by atoms with E-state index in [1.807, 2.05) is 6.92 Å². The minimum atomic E-state index is -3.97. The summed E-state index contributed by atoms with van der Waals surface area (Å²) in [5.41, 5.74) is 6.67. The SMILES string of the molecule is Cc1cc(NS(=O)(=O)c2c(Cl)cc(N)cc2Cl)ncc1Br. The Morgan fingerprint density at radius 1 is 1.24 bits per heavy atom. The van der Waals surface area contributed by atoms with Crippen molar-refractivity contribution in [2.24, 2.45) is 0 Å². The highest BCUT2D eigenvalue weighted by Gasteiger charge is 2.23. The van der Waals surface area contributed by atoms with Gasteiger partial charge in [-0.25, -0.2) is 13.4 Å². The van der Waals surface area contributed by atoms with Crippen molar-refractivity contribution in [1.82, 2.24) is 4.98 Å². The number of benzene rings is 1. The van der Waals surface area contributed by atoms with Gasteiger partial charge in [-0.2, -0.15) is 0 Å². The minimum absolute atomic E-state index is 0.0543. The van der Waals surface area contributed by atoms with E-state index in [2.05, 4.69) is 25.6 Å². The predicted molar refractivity (Wildman–Crippen MR) is 88.4 cm³/mol. The summed E-state index contributed by atoms with van der Waals surface area (Å²) in [5, 5.41) is -0.109. The van der Waals surface area contributed by atoms with Crippen molar-refractivity contribution in [3.8, 4) is 0 Å². The lowest BCUT2D eigenvalue weighted by molar-refractivity contribution is 0.601. The van der Waals surface area contributed by atoms with Crippen LogP contribution in [0.5, 0.6) is 0 Å². The highest BCUT2D eigenvalue weighted by atomic mass is 79.9. The van der Waals surface area contributed by atoms with Gasteiger partial charge in [0.1, 0.15) is 10.7 Å². The largest absolute Gasteiger partial charge is 0.399 e. The lowest BCUT2D eigenvalue weighted by Crippen LogP contribution is -2.15. The summed E-state index contributed by atoms with van der Waals surface area (Å²) < 4.78 is 27.9. The summed E-state index contributed by atoms with van der Waals surface area (Å²) in [6.45, 7) is 1.81. The second-order valence-electron chi connectivity index (χ2n) is 4.24. The Labute approximate surface area is 140 Å². The fourth-order valence-electron chi connectivity index (χ4n) is 1.62. The van der Waals surface area contributed by atoms with Crippen molar-refractivity contribution in [3.63, 3.8) is 0 Å². The zero-order chi connectivity index (χ0) is 15.8. The molecule has 9 heteroatoms. The Bertz CT molecular complexity index is 789. The normalized spacial score (nSPS) is 11.4. The van der Waals surface area contributed by atoms with Crippen molar-refractivity contribution < 1.29 is 8.42 Å². The number of anilines is 2. The van der Waals surface area contributed by atoms with Gasteiger partial charge in [0, 0.05) is 16.4 Å². The fraction of sp³-hybridized carbons (Fsp3) is 0.0833. The molecule has 0 spiro atoms. The molecular weight excluding hydrogens is 401 g/mol. The number of hydrogen-bond donors (Lipinski definition) is 2. The number of nitrogens with one attached hydrogen (secondary N) is 1. The first-order valence-electron chi connectivity index (χ1n) is 5.60. The van der Waals surface area contributed by atoms with Crippen LogP contribution >= 0.6 is 39.1 Å². The number of pyridine rings is 1. The topological polar surface area (TPSA) is 85.1 Å². The molecule has 0 aliphatic heterocycles. The Morgan fingerprint density at radius 3 is 2.33 bits per heavy atom. The number of hydrogen-bond acceptors (Lipinski definition) is 4. The average Bonchev–Trinajstić information content (AvgIpc) is 2.31. The monoisotopic (exact) mass is 409 g/mol. The van der Waals surface area contributed by atoms with E-state index in [4.69, 9.17) is 28.9 Å². The molecule has 0 fully saturated rings. The first-order valence-corrected chi connectivity index (χ1v) is 8.63. The number of aryl methyl sites for hydroxylation is 1. The van der Waals surface area contributed by atoms with Gasteiger partial charge >= 0.3 is 0 Å². The Kier molecular flexibility index (Phi) is 4.67. The zero-order valence-corrected chi connectivity index (χ0v) is 14.6. The Hall–Kier alpha value is -1.02. The molecule has 0 radical (unpaired) electrons. The Balaban J connectivity index is 2.46. The van der Waals surface area contributed by atoms with Crippen LogP contribution < -0.4 is 10.5 Å². The van der Waals surface area contributed by atoms with E-state index in [9.17, 15) is 8.42 Å². The molecule has 3 N–H and O–H groups in total. The number of nitrogens with two attached hydrogens (primary N) is 1. The minimum Gasteiger partial charge on any atom is -0.399 e. The van der Waals surface area contributed by atoms with Crippen molar-refractivity contribution in [3.05, 3.63) is 44.5 Å². The molecule has 0 unspecified atom stereocenters. The summed E-state index contributed by atoms with van der Waals surface area (Å²) >= 11 is 15.2. The van der Waals surface area contributed by atoms with Crippen LogP contribution in [0.25, 0.3) is 0 Å². The number of rotatable bonds is 3. The molecule has 1 aromatic carbocycles. The third-order valence-electron chi connectivity index (χ3n) is 2.58. The smallest absolute Gasteiger partial charge is 0.266 e. The number of sulfonamides is 1. The van der Waals surface area contributed by atoms with Gasteiger partial charge < -0.3 is 5.73 Å². The first-order chi connectivity index (χ1) is 9.70. The maximum atomic E-state index is 12.4. The maximum Gasteiger partial charge on any atom is 0.266 e. The molecule has 0 amide bonds. The molecule has 2 rings (SSSR count). The summed E-state index contributed by atoms with van der Waals surface area (Å²) in [5.74, 6) is 0.166. The molecule has 2 aromatic rings. The van der Waals surface area contributed by atoms with Crippen molar-refractivity contribution in [1.29, 1.82) is 0 Å². The third-order valence-corrected chi connectivity index (χ3v) is 5.68. The van der Waals surface area contributed by atoms with E-state index < -0.39 is 10.0 Å². The van der Waals surface area contributed by atoms with Gasteiger partial charge in [0.15, 0.2) is 0 Å². The van der Waals surface area contributed by atoms with Gasteiger partial charge in [0.25, 0.3) is 10.0 Å². The third kappa shape index (κ3) is 3.60. The second kappa shape index (κ2) is 6.00. The van der Waals surface area contributed by atoms with Crippen molar-refractivity contribution in [2.45, 2.75) is 11.8 Å². The second-order valence-corrected chi connectivity index (χ2v) is 7.53. The number of nitrogens with zero attached hydrogens (tertiary/aromatic N) is 1. The van der Waals surface area contributed by atoms with Crippen molar-refractivity contribution >= 4 is 60.7 Å². The zero-order valence-electron chi connectivity index (χ0n) is 10.7. The molecule has 0 aliphatic rings. The van der Waals surface area contributed by atoms with Gasteiger partial charge in [-0.15, -0.1) is 0 Å². The molecule has 21 heavy (non-hydrogen) atoms. The molecule has 1 heterocycles. The Morgan fingerprint density at radius 2 is 1.81 bits per heavy atom. The van der Waals surface area contributed by atoms with E-state index in [0.29, 0.717) is 0 Å². The molecule has 0 saturated heterocycles. The molecule has 1 aromatic heterocycles. The molecule has 0 aliphatic carbocycles. The summed E-state index contributed by atoms with van der Waals surface area (Å²) in [6.07, 6.45) is 1.50. The molecular formula is C12H10BrCl2N3O2S. The van der Waals surface area contributed by atoms with Crippen LogP contribution in [0.15, 0.2) is 33.8 Å². The average molecular weight is 411 g/mol. The summed E-state index contributed by atoms with van der Waals surface area (Å²) in [6, 6.07) is 4.23. The molecule has 0 bridgehead atoms. The van der Waals surface area contributed by atoms with Gasteiger partial charge in [-0.3, -0.25) is 4.72 Å². The van der Waals surface area contributed by atoms with Crippen LogP contribution in [0.1, 0.15) is 5.56 Å². The molecule has 5 nitrogen and oxygen atoms in total. The van der Waals surface area contributed by atoms with E-state index in [-0.39, 0.29) is 26.4 Å². The number of nitrogen functional groups attached to an aromatic ring is 1. The predicted octanol–water partition coefficient (Wildman–Crippen LogP) is 3.84. The van der Waals surface area contributed by atoms with Gasteiger partial charge in [0.2, 0.25) is 0 Å². The molecule has 0 saturated carbocycles. The van der Waals surface area contributed by atoms with E-state index in [0.717, 1.165) is 10.0 Å². The quantitative estimate of drug-likeness (QED) is 0.752. The first kappa shape index (κ1) is 16.4.